The summed E-state index contributed by atoms with van der Waals surface area (Å²) >= 11 is 6.06. The number of rotatable bonds is 4. The van der Waals surface area contributed by atoms with Gasteiger partial charge in [0.25, 0.3) is 0 Å². The Kier molecular flexibility index (Phi) is 5.00. The van der Waals surface area contributed by atoms with E-state index in [4.69, 9.17) is 11.6 Å². The maximum Gasteiger partial charge on any atom is 0.231 e. The molecule has 0 radical (unpaired) electrons. The molecule has 1 amide bonds. The largest absolute Gasteiger partial charge is 0.323 e. The van der Waals surface area contributed by atoms with E-state index in [-0.39, 0.29) is 11.3 Å². The van der Waals surface area contributed by atoms with Gasteiger partial charge in [0.1, 0.15) is 0 Å². The molecule has 1 aromatic heterocycles. The van der Waals surface area contributed by atoms with Crippen LogP contribution in [0.4, 0.5) is 5.69 Å². The molecule has 1 saturated heterocycles. The van der Waals surface area contributed by atoms with Gasteiger partial charge in [0, 0.05) is 12.7 Å². The Balaban J connectivity index is 2.18. The van der Waals surface area contributed by atoms with E-state index in [1.54, 1.807) is 6.20 Å². The van der Waals surface area contributed by atoms with E-state index in [0.29, 0.717) is 10.8 Å². The molecule has 1 unspecified atom stereocenters. The second-order valence-corrected chi connectivity index (χ2v) is 5.97. The first-order valence-corrected chi connectivity index (χ1v) is 7.59. The molecule has 20 heavy (non-hydrogen) atoms. The first-order chi connectivity index (χ1) is 9.57. The number of nitrogens with one attached hydrogen (secondary N) is 2. The number of piperidine rings is 1. The van der Waals surface area contributed by atoms with Gasteiger partial charge in [0.05, 0.1) is 11.1 Å². The number of hydrogen-bond acceptors (Lipinski definition) is 3. The number of anilines is 1. The SMILES string of the molecule is CCCC1(C(=O)Nc2cc(C)cnc2Cl)CCCNC1. The molecule has 0 bridgehead atoms. The fourth-order valence-electron chi connectivity index (χ4n) is 2.86. The standard InChI is InChI=1S/C15H22ClN3O/c1-3-5-15(6-4-7-17-10-15)14(20)19-12-8-11(2)9-18-13(12)16/h8-9,17H,3-7,10H2,1-2H3,(H,19,20). The highest BCUT2D eigenvalue weighted by Crippen LogP contribution is 2.34. The van der Waals surface area contributed by atoms with Gasteiger partial charge in [-0.25, -0.2) is 4.98 Å². The number of nitrogens with zero attached hydrogens (tertiary/aromatic N) is 1. The zero-order valence-electron chi connectivity index (χ0n) is 12.1. The van der Waals surface area contributed by atoms with E-state index in [9.17, 15) is 4.79 Å². The van der Waals surface area contributed by atoms with Crippen molar-refractivity contribution in [2.75, 3.05) is 18.4 Å². The lowest BCUT2D eigenvalue weighted by Gasteiger charge is -2.36. The Morgan fingerprint density at radius 2 is 2.40 bits per heavy atom. The fraction of sp³-hybridized carbons (Fsp3) is 0.600. The molecule has 1 aliphatic rings. The molecule has 4 nitrogen and oxygen atoms in total. The number of amides is 1. The fourth-order valence-corrected chi connectivity index (χ4v) is 3.01. The lowest BCUT2D eigenvalue weighted by Crippen LogP contribution is -2.48. The minimum absolute atomic E-state index is 0.0563. The minimum Gasteiger partial charge on any atom is -0.323 e. The third-order valence-corrected chi connectivity index (χ3v) is 4.21. The van der Waals surface area contributed by atoms with Gasteiger partial charge >= 0.3 is 0 Å². The van der Waals surface area contributed by atoms with Crippen molar-refractivity contribution in [3.05, 3.63) is 23.0 Å². The van der Waals surface area contributed by atoms with Crippen molar-refractivity contribution < 1.29 is 4.79 Å². The van der Waals surface area contributed by atoms with E-state index < -0.39 is 0 Å². The number of aryl methyl sites for hydroxylation is 1. The zero-order valence-corrected chi connectivity index (χ0v) is 12.9. The molecular formula is C15H22ClN3O. The Labute approximate surface area is 125 Å². The van der Waals surface area contributed by atoms with Crippen molar-refractivity contribution in [3.63, 3.8) is 0 Å². The average molecular weight is 296 g/mol. The van der Waals surface area contributed by atoms with Gasteiger partial charge in [-0.05, 0) is 44.4 Å². The van der Waals surface area contributed by atoms with Crippen LogP contribution >= 0.6 is 11.6 Å². The molecule has 2 heterocycles. The number of pyridine rings is 1. The van der Waals surface area contributed by atoms with Crippen molar-refractivity contribution in [3.8, 4) is 0 Å². The lowest BCUT2D eigenvalue weighted by molar-refractivity contribution is -0.127. The summed E-state index contributed by atoms with van der Waals surface area (Å²) in [6.45, 7) is 5.78. The lowest BCUT2D eigenvalue weighted by atomic mass is 9.76. The van der Waals surface area contributed by atoms with Crippen LogP contribution in [0.25, 0.3) is 0 Å². The Morgan fingerprint density at radius 3 is 3.05 bits per heavy atom. The van der Waals surface area contributed by atoms with Crippen LogP contribution in [-0.2, 0) is 4.79 Å². The summed E-state index contributed by atoms with van der Waals surface area (Å²) in [7, 11) is 0. The van der Waals surface area contributed by atoms with Crippen LogP contribution in [0.15, 0.2) is 12.3 Å². The predicted octanol–water partition coefficient (Wildman–Crippen LogP) is 3.15. The molecule has 1 fully saturated rings. The van der Waals surface area contributed by atoms with Gasteiger partial charge in [-0.3, -0.25) is 4.79 Å². The van der Waals surface area contributed by atoms with E-state index in [1.807, 2.05) is 13.0 Å². The summed E-state index contributed by atoms with van der Waals surface area (Å²) in [6, 6.07) is 1.86. The Hall–Kier alpha value is -1.13. The van der Waals surface area contributed by atoms with Crippen molar-refractivity contribution in [2.45, 2.75) is 39.5 Å². The normalized spacial score (nSPS) is 22.6. The van der Waals surface area contributed by atoms with E-state index in [1.165, 1.54) is 0 Å². The molecule has 5 heteroatoms. The highest BCUT2D eigenvalue weighted by Gasteiger charge is 2.38. The Bertz CT molecular complexity index is 478. The first-order valence-electron chi connectivity index (χ1n) is 7.22. The minimum atomic E-state index is -0.319. The van der Waals surface area contributed by atoms with Crippen LogP contribution in [0.3, 0.4) is 0 Å². The van der Waals surface area contributed by atoms with Crippen LogP contribution in [0, 0.1) is 12.3 Å². The van der Waals surface area contributed by atoms with E-state index in [0.717, 1.165) is 44.3 Å². The molecule has 2 N–H and O–H groups in total. The maximum atomic E-state index is 12.7. The van der Waals surface area contributed by atoms with Gasteiger partial charge in [-0.1, -0.05) is 24.9 Å². The van der Waals surface area contributed by atoms with Gasteiger partial charge in [0.15, 0.2) is 5.15 Å². The number of halogens is 1. The van der Waals surface area contributed by atoms with Crippen LogP contribution in [-0.4, -0.2) is 24.0 Å². The van der Waals surface area contributed by atoms with E-state index in [2.05, 4.69) is 22.5 Å². The maximum absolute atomic E-state index is 12.7. The molecule has 1 atom stereocenters. The molecule has 110 valence electrons. The van der Waals surface area contributed by atoms with Gasteiger partial charge < -0.3 is 10.6 Å². The highest BCUT2D eigenvalue weighted by atomic mass is 35.5. The molecule has 1 aromatic rings. The van der Waals surface area contributed by atoms with Gasteiger partial charge in [0.2, 0.25) is 5.91 Å². The predicted molar refractivity (Wildman–Crippen MR) is 82.1 cm³/mol. The number of carbonyl (C=O) groups excluding carboxylic acids is 1. The highest BCUT2D eigenvalue weighted by molar-refractivity contribution is 6.32. The summed E-state index contributed by atoms with van der Waals surface area (Å²) in [6.07, 6.45) is 5.54. The van der Waals surface area contributed by atoms with Crippen molar-refractivity contribution >= 4 is 23.2 Å². The van der Waals surface area contributed by atoms with Crippen molar-refractivity contribution in [1.82, 2.24) is 10.3 Å². The van der Waals surface area contributed by atoms with Crippen molar-refractivity contribution in [1.29, 1.82) is 0 Å². The van der Waals surface area contributed by atoms with Crippen LogP contribution in [0.5, 0.6) is 0 Å². The third kappa shape index (κ3) is 3.30. The monoisotopic (exact) mass is 295 g/mol. The smallest absolute Gasteiger partial charge is 0.231 e. The zero-order chi connectivity index (χ0) is 14.6. The molecule has 2 rings (SSSR count). The molecule has 1 aliphatic heterocycles. The summed E-state index contributed by atoms with van der Waals surface area (Å²) in [5, 5.41) is 6.66. The number of hydrogen-bond donors (Lipinski definition) is 2. The molecule has 0 saturated carbocycles. The summed E-state index contributed by atoms with van der Waals surface area (Å²) in [5.74, 6) is 0.0563. The number of aromatic nitrogens is 1. The summed E-state index contributed by atoms with van der Waals surface area (Å²) in [5.41, 5.74) is 1.27. The van der Waals surface area contributed by atoms with Crippen LogP contribution < -0.4 is 10.6 Å². The molecular weight excluding hydrogens is 274 g/mol. The summed E-state index contributed by atoms with van der Waals surface area (Å²) < 4.78 is 0. The topological polar surface area (TPSA) is 54.0 Å². The second kappa shape index (κ2) is 6.55. The summed E-state index contributed by atoms with van der Waals surface area (Å²) in [4.78, 5) is 16.8. The van der Waals surface area contributed by atoms with Gasteiger partial charge in [-0.2, -0.15) is 0 Å². The first kappa shape index (κ1) is 15.3. The molecule has 0 aliphatic carbocycles. The van der Waals surface area contributed by atoms with Crippen LogP contribution in [0.1, 0.15) is 38.2 Å². The third-order valence-electron chi connectivity index (χ3n) is 3.91. The average Bonchev–Trinajstić information content (AvgIpc) is 2.44. The molecule has 0 aromatic carbocycles. The number of carbonyl (C=O) groups is 1. The second-order valence-electron chi connectivity index (χ2n) is 5.62. The Morgan fingerprint density at radius 1 is 1.60 bits per heavy atom. The van der Waals surface area contributed by atoms with Gasteiger partial charge in [-0.15, -0.1) is 0 Å². The van der Waals surface area contributed by atoms with E-state index >= 15 is 0 Å². The van der Waals surface area contributed by atoms with Crippen LogP contribution in [0.2, 0.25) is 5.15 Å². The van der Waals surface area contributed by atoms with Crippen molar-refractivity contribution in [2.24, 2.45) is 5.41 Å². The molecule has 0 spiro atoms. The quantitative estimate of drug-likeness (QED) is 0.839.